The summed E-state index contributed by atoms with van der Waals surface area (Å²) in [6, 6.07) is 2.55. The fraction of sp³-hybridized carbons (Fsp3) is 0.683. The number of likely N-dealkylation sites (N-methyl/N-ethyl adjacent to an activating group) is 3. The van der Waals surface area contributed by atoms with Crippen LogP contribution in [0.5, 0.6) is 5.75 Å². The third kappa shape index (κ3) is 19.1. The molecule has 1 aromatic carbocycles. The van der Waals surface area contributed by atoms with Crippen LogP contribution in [0, 0.1) is 17.3 Å². The molecule has 0 radical (unpaired) electrons. The van der Waals surface area contributed by atoms with E-state index < -0.39 is 77.7 Å². The van der Waals surface area contributed by atoms with Crippen molar-refractivity contribution in [3.05, 3.63) is 58.7 Å². The number of methoxy groups -OCH3 is 1. The normalized spacial score (nSPS) is 27.5. The minimum atomic E-state index is -1.84. The number of aliphatic hydroxyl groups is 1. The van der Waals surface area contributed by atoms with Crippen LogP contribution in [-0.2, 0) is 54.0 Å². The highest BCUT2D eigenvalue weighted by Gasteiger charge is 2.62. The third-order valence-corrected chi connectivity index (χ3v) is 16.7. The third-order valence-electron chi connectivity index (χ3n) is 16.3. The number of halogens is 1. The van der Waals surface area contributed by atoms with E-state index in [2.05, 4.69) is 24.5 Å². The number of hydrogen-bond donors (Lipinski definition) is 3. The van der Waals surface area contributed by atoms with Crippen molar-refractivity contribution in [3.8, 4) is 5.75 Å². The van der Waals surface area contributed by atoms with Gasteiger partial charge in [0.2, 0.25) is 17.7 Å². The molecular formula is C60H91ClN6O15. The van der Waals surface area contributed by atoms with E-state index >= 15 is 0 Å². The molecule has 3 N–H and O–H groups in total. The molecule has 1 saturated carbocycles. The van der Waals surface area contributed by atoms with E-state index in [1.807, 2.05) is 51.1 Å². The number of carbonyl (C=O) groups excluding carboxylic acids is 7. The Morgan fingerprint density at radius 3 is 2.40 bits per heavy atom. The van der Waals surface area contributed by atoms with E-state index in [0.717, 1.165) is 49.7 Å². The van der Waals surface area contributed by atoms with E-state index in [-0.39, 0.29) is 74.4 Å². The largest absolute Gasteiger partial charge is 0.492 e. The van der Waals surface area contributed by atoms with Gasteiger partial charge in [0.15, 0.2) is 5.72 Å². The Balaban J connectivity index is 1.20. The first-order valence-electron chi connectivity index (χ1n) is 29.0. The smallest absolute Gasteiger partial charge is 0.410 e. The van der Waals surface area contributed by atoms with Crippen LogP contribution in [0.3, 0.4) is 0 Å². The highest BCUT2D eigenvalue weighted by molar-refractivity contribution is 6.35. The molecule has 22 heteroatoms. The highest BCUT2D eigenvalue weighted by atomic mass is 35.5. The number of allylic oxidation sites excluding steroid dienone is 3. The van der Waals surface area contributed by atoms with Crippen LogP contribution in [-0.4, -0.2) is 179 Å². The summed E-state index contributed by atoms with van der Waals surface area (Å²) in [5.74, 6) is -2.06. The molecule has 1 saturated heterocycles. The topological polar surface area (TPSA) is 241 Å². The molecular weight excluding hydrogens is 1080 g/mol. The van der Waals surface area contributed by atoms with Crippen molar-refractivity contribution in [1.29, 1.82) is 0 Å². The summed E-state index contributed by atoms with van der Waals surface area (Å²) in [6.45, 7) is 12.4. The van der Waals surface area contributed by atoms with Crippen LogP contribution in [0.25, 0.3) is 0 Å². The van der Waals surface area contributed by atoms with Gasteiger partial charge in [-0.05, 0) is 101 Å². The first-order valence-corrected chi connectivity index (χ1v) is 29.4. The summed E-state index contributed by atoms with van der Waals surface area (Å²) >= 11 is 7.05. The summed E-state index contributed by atoms with van der Waals surface area (Å²) in [7, 11) is 7.55. The Hall–Kier alpha value is -5.90. The molecule has 2 aliphatic carbocycles. The fourth-order valence-corrected chi connectivity index (χ4v) is 10.8. The summed E-state index contributed by atoms with van der Waals surface area (Å²) in [5.41, 5.74) is -0.528. The minimum Gasteiger partial charge on any atom is -0.492 e. The van der Waals surface area contributed by atoms with Crippen molar-refractivity contribution < 1.29 is 71.8 Å². The van der Waals surface area contributed by atoms with Gasteiger partial charge in [0.25, 0.3) is 0 Å². The Labute approximate surface area is 489 Å². The second-order valence-corrected chi connectivity index (χ2v) is 23.1. The molecule has 10 atom stereocenters. The number of alkyl carbamates (subject to hydrolysis) is 1. The number of nitrogens with one attached hydrogen (secondary N) is 2. The van der Waals surface area contributed by atoms with Gasteiger partial charge in [0.05, 0.1) is 31.2 Å². The number of fused-ring (bicyclic) bond motifs is 5. The molecule has 82 heavy (non-hydrogen) atoms. The standard InChI is InChI=1S/C60H91ClN6O15/c1-12-14-16-30-77-47-34-42-32-39(3)20-17-25-49(76-11)60(75)37-48(81-56(72)63-60)40(4)45-36-59(45,6)50(35-53(70)67(10)46(33-42)54(47)61)82-55(71)41(5)66(9)52(69)26-31-78-57(73)64(7)28-29-65(8)58(74)80-44-23-18-21-43(22-19-24-44)79-38-51(68)62-27-15-13-2/h17-18,20,23,25,33-34,40-41,43-45,48-50,75H,12-16,19,21-22,24,26-32,35-38H2,1-11H3,(H,62,68)(H,63,72)/b23-18+,25-17+,39-20+/t40-,41-,43?,44?,45-,48-,49+,50-,59+,60-/m0/s1. The number of rotatable bonds is 22. The molecule has 2 fully saturated rings. The predicted octanol–water partition coefficient (Wildman–Crippen LogP) is 8.27. The Kier molecular flexibility index (Phi) is 25.8. The number of amides is 6. The molecule has 5 rings (SSSR count). The Morgan fingerprint density at radius 1 is 0.976 bits per heavy atom. The van der Waals surface area contributed by atoms with Crippen molar-refractivity contribution in [2.24, 2.45) is 17.3 Å². The van der Waals surface area contributed by atoms with Gasteiger partial charge in [-0.2, -0.15) is 0 Å². The first kappa shape index (κ1) is 66.9. The van der Waals surface area contributed by atoms with E-state index in [1.165, 1.54) is 47.7 Å². The van der Waals surface area contributed by atoms with Gasteiger partial charge < -0.3 is 63.2 Å². The molecule has 6 amide bonds. The number of ether oxygens (including phenoxy) is 7. The molecule has 2 aliphatic heterocycles. The molecule has 1 aromatic rings. The molecule has 2 heterocycles. The summed E-state index contributed by atoms with van der Waals surface area (Å²) in [6.07, 6.45) is 11.3. The monoisotopic (exact) mass is 1170 g/mol. The molecule has 0 spiro atoms. The Bertz CT molecular complexity index is 2460. The summed E-state index contributed by atoms with van der Waals surface area (Å²) in [5, 5.41) is 17.6. The average molecular weight is 1170 g/mol. The lowest BCUT2D eigenvalue weighted by Gasteiger charge is -2.42. The second-order valence-electron chi connectivity index (χ2n) is 22.7. The van der Waals surface area contributed by atoms with E-state index in [0.29, 0.717) is 56.7 Å². The maximum Gasteiger partial charge on any atom is 0.410 e. The molecule has 0 aromatic heterocycles. The van der Waals surface area contributed by atoms with Gasteiger partial charge in [0.1, 0.15) is 54.4 Å². The summed E-state index contributed by atoms with van der Waals surface area (Å²) < 4.78 is 41.0. The minimum absolute atomic E-state index is 0.00502. The molecule has 4 aliphatic rings. The lowest BCUT2D eigenvalue weighted by atomic mass is 9.83. The SMILES string of the molecule is CCCCCOc1cc2cc(c1Cl)N(C)C(=O)C[C@H](OC(=O)[C@H](C)N(C)C(=O)CCOC(=O)N(C)CCN(C)C(=O)OC1/C=C/CC(OCC(=O)NCCCC)CCC1)[C@]1(C)C[C@H]1[C@H](C)[C@@H]1C[C@@](O)(NC(=O)O1)[C@H](OC)/C=C/C=C(\C)C2. The summed E-state index contributed by atoms with van der Waals surface area (Å²) in [4.78, 5) is 98.9. The zero-order valence-corrected chi connectivity index (χ0v) is 50.9. The predicted molar refractivity (Wildman–Crippen MR) is 309 cm³/mol. The van der Waals surface area contributed by atoms with Crippen LogP contribution in [0.2, 0.25) is 5.02 Å². The van der Waals surface area contributed by atoms with Gasteiger partial charge in [-0.1, -0.05) is 88.4 Å². The molecule has 21 nitrogen and oxygen atoms in total. The van der Waals surface area contributed by atoms with Gasteiger partial charge >= 0.3 is 24.2 Å². The average Bonchev–Trinajstić information content (AvgIpc) is 4.24. The van der Waals surface area contributed by atoms with Gasteiger partial charge in [-0.3, -0.25) is 19.7 Å². The number of nitrogens with zero attached hydrogens (tertiary/aromatic N) is 4. The zero-order chi connectivity index (χ0) is 60.3. The zero-order valence-electron chi connectivity index (χ0n) is 50.1. The van der Waals surface area contributed by atoms with Gasteiger partial charge in [-0.15, -0.1) is 0 Å². The van der Waals surface area contributed by atoms with E-state index in [9.17, 15) is 38.7 Å². The highest BCUT2D eigenvalue weighted by Crippen LogP contribution is 2.61. The van der Waals surface area contributed by atoms with Crippen molar-refractivity contribution in [2.75, 3.05) is 79.7 Å². The van der Waals surface area contributed by atoms with Crippen LogP contribution < -0.4 is 20.3 Å². The quantitative estimate of drug-likeness (QED) is 0.0428. The number of esters is 1. The van der Waals surface area contributed by atoms with Gasteiger partial charge in [-0.25, -0.2) is 19.2 Å². The number of unbranched alkanes of at least 4 members (excludes halogenated alkanes) is 3. The Morgan fingerprint density at radius 2 is 1.70 bits per heavy atom. The van der Waals surface area contributed by atoms with E-state index in [1.54, 1.807) is 26.2 Å². The van der Waals surface area contributed by atoms with Crippen LogP contribution in [0.1, 0.15) is 131 Å². The van der Waals surface area contributed by atoms with E-state index in [4.69, 9.17) is 44.8 Å². The molecule has 2 unspecified atom stereocenters. The van der Waals surface area contributed by atoms with Crippen molar-refractivity contribution in [2.45, 2.75) is 174 Å². The fourth-order valence-electron chi connectivity index (χ4n) is 10.5. The first-order chi connectivity index (χ1) is 38.9. The van der Waals surface area contributed by atoms with Crippen LogP contribution in [0.15, 0.2) is 48.1 Å². The number of carbonyl (C=O) groups is 7. The van der Waals surface area contributed by atoms with Crippen molar-refractivity contribution >= 4 is 59.3 Å². The molecule has 4 bridgehead atoms. The van der Waals surface area contributed by atoms with Crippen LogP contribution >= 0.6 is 11.6 Å². The van der Waals surface area contributed by atoms with Crippen molar-refractivity contribution in [3.63, 3.8) is 0 Å². The lowest BCUT2D eigenvalue weighted by Crippen LogP contribution is -2.63. The number of hydrogen-bond acceptors (Lipinski definition) is 15. The maximum absolute atomic E-state index is 14.6. The second kappa shape index (κ2) is 31.7. The number of anilines is 1. The molecule has 458 valence electrons. The van der Waals surface area contributed by atoms with Gasteiger partial charge in [0, 0.05) is 66.8 Å². The van der Waals surface area contributed by atoms with Crippen molar-refractivity contribution in [1.82, 2.24) is 25.3 Å². The van der Waals surface area contributed by atoms with Crippen LogP contribution in [0.4, 0.5) is 20.1 Å². The maximum atomic E-state index is 14.6. The number of benzene rings is 1. The lowest BCUT2D eigenvalue weighted by molar-refractivity contribution is -0.163.